The molecule has 1 saturated heterocycles. The minimum Gasteiger partial charge on any atom is -0.368 e. The van der Waals surface area contributed by atoms with Gasteiger partial charge in [0, 0.05) is 44.3 Å². The van der Waals surface area contributed by atoms with E-state index in [1.165, 1.54) is 0 Å². The number of anilines is 2. The quantitative estimate of drug-likeness (QED) is 0.871. The fourth-order valence-corrected chi connectivity index (χ4v) is 2.26. The lowest BCUT2D eigenvalue weighted by Crippen LogP contribution is -2.47. The van der Waals surface area contributed by atoms with Gasteiger partial charge >= 0.3 is 0 Å². The molecule has 20 heavy (non-hydrogen) atoms. The van der Waals surface area contributed by atoms with E-state index in [1.807, 2.05) is 17.0 Å². The number of aromatic nitrogens is 3. The van der Waals surface area contributed by atoms with Crippen molar-refractivity contribution in [2.24, 2.45) is 0 Å². The molecule has 2 aromatic heterocycles. The first-order valence-electron chi connectivity index (χ1n) is 6.39. The van der Waals surface area contributed by atoms with Gasteiger partial charge in [-0.3, -0.25) is 14.8 Å². The van der Waals surface area contributed by atoms with Gasteiger partial charge in [-0.15, -0.1) is 0 Å². The third kappa shape index (κ3) is 2.47. The number of aromatic amines is 1. The number of rotatable bonds is 2. The van der Waals surface area contributed by atoms with Crippen molar-refractivity contribution in [3.05, 3.63) is 46.9 Å². The first kappa shape index (κ1) is 12.6. The van der Waals surface area contributed by atoms with Gasteiger partial charge in [-0.1, -0.05) is 0 Å². The first-order valence-corrected chi connectivity index (χ1v) is 6.39. The number of H-pyrrole nitrogens is 1. The van der Waals surface area contributed by atoms with Gasteiger partial charge in [0.1, 0.15) is 0 Å². The molecule has 1 aliphatic heterocycles. The second-order valence-corrected chi connectivity index (χ2v) is 4.56. The maximum atomic E-state index is 12.9. The number of hydrogen-bond donors (Lipinski definition) is 1. The van der Waals surface area contributed by atoms with E-state index < -0.39 is 11.4 Å². The van der Waals surface area contributed by atoms with Crippen molar-refractivity contribution < 1.29 is 4.39 Å². The molecule has 0 amide bonds. The average molecular weight is 275 g/mol. The topological polar surface area (TPSA) is 65.1 Å². The Morgan fingerprint density at radius 3 is 2.40 bits per heavy atom. The van der Waals surface area contributed by atoms with E-state index in [4.69, 9.17) is 0 Å². The molecular formula is C13H14FN5O. The van der Waals surface area contributed by atoms with Gasteiger partial charge < -0.3 is 9.80 Å². The van der Waals surface area contributed by atoms with Crippen LogP contribution in [-0.4, -0.2) is 41.1 Å². The number of piperazine rings is 1. The molecule has 7 heteroatoms. The van der Waals surface area contributed by atoms with Crippen molar-refractivity contribution in [1.82, 2.24) is 15.0 Å². The van der Waals surface area contributed by atoms with E-state index in [2.05, 4.69) is 19.9 Å². The Morgan fingerprint density at radius 2 is 1.75 bits per heavy atom. The normalized spacial score (nSPS) is 15.4. The molecule has 3 heterocycles. The highest BCUT2D eigenvalue weighted by Crippen LogP contribution is 2.16. The van der Waals surface area contributed by atoms with Gasteiger partial charge in [-0.25, -0.2) is 4.98 Å². The van der Waals surface area contributed by atoms with E-state index in [9.17, 15) is 9.18 Å². The monoisotopic (exact) mass is 275 g/mol. The first-order chi connectivity index (χ1) is 9.74. The number of hydrogen-bond acceptors (Lipinski definition) is 5. The zero-order valence-corrected chi connectivity index (χ0v) is 10.8. The van der Waals surface area contributed by atoms with E-state index in [0.717, 1.165) is 38.1 Å². The molecule has 0 aromatic carbocycles. The van der Waals surface area contributed by atoms with Crippen LogP contribution in [0.1, 0.15) is 0 Å². The number of pyridine rings is 1. The predicted octanol–water partition coefficient (Wildman–Crippen LogP) is 0.631. The fraction of sp³-hybridized carbons (Fsp3) is 0.308. The van der Waals surface area contributed by atoms with E-state index in [0.29, 0.717) is 5.95 Å². The van der Waals surface area contributed by atoms with Crippen LogP contribution in [-0.2, 0) is 0 Å². The lowest BCUT2D eigenvalue weighted by molar-refractivity contribution is 0.590. The molecule has 0 unspecified atom stereocenters. The van der Waals surface area contributed by atoms with Gasteiger partial charge in [-0.2, -0.15) is 4.39 Å². The molecule has 1 aliphatic rings. The van der Waals surface area contributed by atoms with Gasteiger partial charge in [0.05, 0.1) is 6.20 Å². The van der Waals surface area contributed by atoms with Crippen LogP contribution in [0.2, 0.25) is 0 Å². The summed E-state index contributed by atoms with van der Waals surface area (Å²) in [6.45, 7) is 3.06. The van der Waals surface area contributed by atoms with Crippen molar-refractivity contribution >= 4 is 11.6 Å². The third-order valence-electron chi connectivity index (χ3n) is 3.35. The van der Waals surface area contributed by atoms with Gasteiger partial charge in [0.2, 0.25) is 11.8 Å². The number of halogens is 1. The zero-order chi connectivity index (χ0) is 13.9. The molecule has 104 valence electrons. The fourth-order valence-electron chi connectivity index (χ4n) is 2.26. The molecule has 2 aromatic rings. The average Bonchev–Trinajstić information content (AvgIpc) is 2.51. The van der Waals surface area contributed by atoms with Crippen molar-refractivity contribution in [3.8, 4) is 0 Å². The minimum atomic E-state index is -0.857. The van der Waals surface area contributed by atoms with Crippen LogP contribution in [0.15, 0.2) is 35.5 Å². The summed E-state index contributed by atoms with van der Waals surface area (Å²) in [6, 6.07) is 3.93. The summed E-state index contributed by atoms with van der Waals surface area (Å²) in [5.74, 6) is -0.435. The summed E-state index contributed by atoms with van der Waals surface area (Å²) < 4.78 is 12.9. The minimum absolute atomic E-state index is 0.422. The predicted molar refractivity (Wildman–Crippen MR) is 73.5 cm³/mol. The van der Waals surface area contributed by atoms with Gasteiger partial charge in [0.15, 0.2) is 0 Å². The lowest BCUT2D eigenvalue weighted by Gasteiger charge is -2.36. The van der Waals surface area contributed by atoms with Gasteiger partial charge in [0.25, 0.3) is 5.56 Å². The Kier molecular flexibility index (Phi) is 3.32. The summed E-state index contributed by atoms with van der Waals surface area (Å²) in [7, 11) is 0. The van der Waals surface area contributed by atoms with Crippen molar-refractivity contribution in [2.75, 3.05) is 36.0 Å². The summed E-state index contributed by atoms with van der Waals surface area (Å²) in [6.07, 6.45) is 4.49. The number of nitrogens with one attached hydrogen (secondary N) is 1. The summed E-state index contributed by atoms with van der Waals surface area (Å²) >= 11 is 0. The Bertz CT molecular complexity index is 637. The maximum Gasteiger partial charge on any atom is 0.288 e. The van der Waals surface area contributed by atoms with E-state index >= 15 is 0 Å². The molecule has 0 atom stereocenters. The molecule has 0 saturated carbocycles. The van der Waals surface area contributed by atoms with Crippen molar-refractivity contribution in [1.29, 1.82) is 0 Å². The molecule has 1 fully saturated rings. The van der Waals surface area contributed by atoms with Crippen LogP contribution < -0.4 is 15.4 Å². The Labute approximate surface area is 114 Å². The van der Waals surface area contributed by atoms with Gasteiger partial charge in [-0.05, 0) is 12.1 Å². The summed E-state index contributed by atoms with van der Waals surface area (Å²) in [5, 5.41) is 0. The molecule has 0 aliphatic carbocycles. The molecule has 0 bridgehead atoms. The molecule has 1 N–H and O–H groups in total. The molecule has 3 rings (SSSR count). The molecule has 0 spiro atoms. The second kappa shape index (κ2) is 5.28. The third-order valence-corrected chi connectivity index (χ3v) is 3.35. The van der Waals surface area contributed by atoms with Crippen LogP contribution in [0.25, 0.3) is 0 Å². The molecular weight excluding hydrogens is 261 g/mol. The van der Waals surface area contributed by atoms with E-state index in [1.54, 1.807) is 12.4 Å². The lowest BCUT2D eigenvalue weighted by atomic mass is 10.3. The van der Waals surface area contributed by atoms with Crippen LogP contribution in [0.3, 0.4) is 0 Å². The highest BCUT2D eigenvalue weighted by Gasteiger charge is 2.19. The maximum absolute atomic E-state index is 12.9. The van der Waals surface area contributed by atoms with Crippen LogP contribution in [0, 0.1) is 5.82 Å². The second-order valence-electron chi connectivity index (χ2n) is 4.56. The molecule has 6 nitrogen and oxygen atoms in total. The SMILES string of the molecule is O=c1[nH]c(N2CCN(c3ccncc3)CC2)ncc1F. The Balaban J connectivity index is 1.69. The summed E-state index contributed by atoms with van der Waals surface area (Å²) in [4.78, 5) is 25.8. The van der Waals surface area contributed by atoms with E-state index in [-0.39, 0.29) is 0 Å². The Morgan fingerprint density at radius 1 is 1.10 bits per heavy atom. The molecule has 0 radical (unpaired) electrons. The largest absolute Gasteiger partial charge is 0.368 e. The smallest absolute Gasteiger partial charge is 0.288 e. The highest BCUT2D eigenvalue weighted by atomic mass is 19.1. The van der Waals surface area contributed by atoms with Crippen molar-refractivity contribution in [2.45, 2.75) is 0 Å². The van der Waals surface area contributed by atoms with Crippen molar-refractivity contribution in [3.63, 3.8) is 0 Å². The summed E-state index contributed by atoms with van der Waals surface area (Å²) in [5.41, 5.74) is 0.395. The highest BCUT2D eigenvalue weighted by molar-refractivity contribution is 5.46. The van der Waals surface area contributed by atoms with Crippen LogP contribution >= 0.6 is 0 Å². The van der Waals surface area contributed by atoms with Crippen LogP contribution in [0.5, 0.6) is 0 Å². The Hall–Kier alpha value is -2.44. The zero-order valence-electron chi connectivity index (χ0n) is 10.8. The standard InChI is InChI=1S/C13H14FN5O/c14-11-9-16-13(17-12(11)20)19-7-5-18(6-8-19)10-1-3-15-4-2-10/h1-4,9H,5-8H2,(H,16,17,20). The number of nitrogens with zero attached hydrogens (tertiary/aromatic N) is 4. The van der Waals surface area contributed by atoms with Crippen LogP contribution in [0.4, 0.5) is 16.0 Å².